The Hall–Kier alpha value is -1.84. The highest BCUT2D eigenvalue weighted by Gasteiger charge is 2.47. The van der Waals surface area contributed by atoms with Gasteiger partial charge in [0.25, 0.3) is 0 Å². The van der Waals surface area contributed by atoms with E-state index in [1.54, 1.807) is 0 Å². The van der Waals surface area contributed by atoms with Gasteiger partial charge in [-0.1, -0.05) is 25.5 Å². The van der Waals surface area contributed by atoms with Gasteiger partial charge < -0.3 is 4.74 Å². The molecule has 20 heavy (non-hydrogen) atoms. The van der Waals surface area contributed by atoms with Crippen LogP contribution in [0.3, 0.4) is 0 Å². The summed E-state index contributed by atoms with van der Waals surface area (Å²) < 4.78 is 5.60. The standard InChI is InChI=1S/C16H21NO3/c1-4-5-10-20-13-8-6-12(7-9-13)16(2)11-14(18)17(3)15(16)19/h6-9H,4-5,10-11H2,1-3H3/t16-/m0/s1. The van der Waals surface area contributed by atoms with Gasteiger partial charge in [-0.25, -0.2) is 0 Å². The highest BCUT2D eigenvalue weighted by molar-refractivity contribution is 6.08. The van der Waals surface area contributed by atoms with Crippen molar-refractivity contribution in [1.29, 1.82) is 0 Å². The van der Waals surface area contributed by atoms with E-state index in [0.717, 1.165) is 24.2 Å². The Balaban J connectivity index is 2.14. The Labute approximate surface area is 119 Å². The minimum Gasteiger partial charge on any atom is -0.494 e. The van der Waals surface area contributed by atoms with Gasteiger partial charge >= 0.3 is 0 Å². The van der Waals surface area contributed by atoms with Crippen LogP contribution < -0.4 is 4.74 Å². The molecule has 1 saturated heterocycles. The van der Waals surface area contributed by atoms with Crippen molar-refractivity contribution in [2.75, 3.05) is 13.7 Å². The number of imide groups is 1. The van der Waals surface area contributed by atoms with Gasteiger partial charge in [0.1, 0.15) is 5.75 Å². The quantitative estimate of drug-likeness (QED) is 0.613. The normalized spacial score (nSPS) is 22.4. The first-order valence-corrected chi connectivity index (χ1v) is 7.03. The van der Waals surface area contributed by atoms with Crippen molar-refractivity contribution in [3.8, 4) is 5.75 Å². The summed E-state index contributed by atoms with van der Waals surface area (Å²) in [6.45, 7) is 4.64. The Morgan fingerprint density at radius 1 is 1.25 bits per heavy atom. The molecule has 2 rings (SSSR count). The summed E-state index contributed by atoms with van der Waals surface area (Å²) in [5.41, 5.74) is 0.122. The lowest BCUT2D eigenvalue weighted by Crippen LogP contribution is -2.34. The van der Waals surface area contributed by atoms with Crippen LogP contribution in [0, 0.1) is 0 Å². The number of hydrogen-bond acceptors (Lipinski definition) is 3. The number of nitrogens with zero attached hydrogens (tertiary/aromatic N) is 1. The molecule has 0 unspecified atom stereocenters. The number of hydrogen-bond donors (Lipinski definition) is 0. The van der Waals surface area contributed by atoms with E-state index in [1.807, 2.05) is 31.2 Å². The molecule has 0 radical (unpaired) electrons. The lowest BCUT2D eigenvalue weighted by molar-refractivity contribution is -0.138. The second-order valence-corrected chi connectivity index (χ2v) is 5.49. The maximum Gasteiger partial charge on any atom is 0.239 e. The number of likely N-dealkylation sites (tertiary alicyclic amines) is 1. The van der Waals surface area contributed by atoms with E-state index in [0.29, 0.717) is 6.61 Å². The number of carbonyl (C=O) groups is 2. The van der Waals surface area contributed by atoms with Crippen LogP contribution in [0.15, 0.2) is 24.3 Å². The second kappa shape index (κ2) is 5.65. The Kier molecular flexibility index (Phi) is 4.12. The van der Waals surface area contributed by atoms with Gasteiger partial charge in [0.15, 0.2) is 0 Å². The molecule has 1 atom stereocenters. The van der Waals surface area contributed by atoms with Gasteiger partial charge in [0.2, 0.25) is 11.8 Å². The van der Waals surface area contributed by atoms with Crippen molar-refractivity contribution in [3.63, 3.8) is 0 Å². The maximum atomic E-state index is 12.2. The molecule has 4 heteroatoms. The van der Waals surface area contributed by atoms with Crippen molar-refractivity contribution in [1.82, 2.24) is 4.90 Å². The molecule has 4 nitrogen and oxygen atoms in total. The third kappa shape index (κ3) is 2.55. The molecule has 0 bridgehead atoms. The van der Waals surface area contributed by atoms with Crippen LogP contribution in [-0.4, -0.2) is 30.4 Å². The van der Waals surface area contributed by atoms with Crippen LogP contribution in [0.5, 0.6) is 5.75 Å². The highest BCUT2D eigenvalue weighted by atomic mass is 16.5. The number of benzene rings is 1. The van der Waals surface area contributed by atoms with E-state index in [4.69, 9.17) is 4.74 Å². The number of amides is 2. The number of ether oxygens (including phenoxy) is 1. The number of rotatable bonds is 5. The average molecular weight is 275 g/mol. The van der Waals surface area contributed by atoms with E-state index in [-0.39, 0.29) is 18.2 Å². The summed E-state index contributed by atoms with van der Waals surface area (Å²) >= 11 is 0. The summed E-state index contributed by atoms with van der Waals surface area (Å²) in [5, 5.41) is 0. The predicted octanol–water partition coefficient (Wildman–Crippen LogP) is 2.51. The minimum atomic E-state index is -0.742. The van der Waals surface area contributed by atoms with Gasteiger partial charge in [0, 0.05) is 13.5 Å². The van der Waals surface area contributed by atoms with Gasteiger partial charge in [-0.15, -0.1) is 0 Å². The second-order valence-electron chi connectivity index (χ2n) is 5.49. The van der Waals surface area contributed by atoms with Gasteiger partial charge in [-0.2, -0.15) is 0 Å². The van der Waals surface area contributed by atoms with Crippen molar-refractivity contribution in [3.05, 3.63) is 29.8 Å². The molecule has 108 valence electrons. The molecular weight excluding hydrogens is 254 g/mol. The van der Waals surface area contributed by atoms with Crippen molar-refractivity contribution in [2.45, 2.75) is 38.5 Å². The largest absolute Gasteiger partial charge is 0.494 e. The van der Waals surface area contributed by atoms with E-state index in [2.05, 4.69) is 6.92 Å². The van der Waals surface area contributed by atoms with Crippen LogP contribution >= 0.6 is 0 Å². The molecule has 0 aliphatic carbocycles. The van der Waals surface area contributed by atoms with E-state index in [9.17, 15) is 9.59 Å². The van der Waals surface area contributed by atoms with E-state index >= 15 is 0 Å². The van der Waals surface area contributed by atoms with Crippen LogP contribution in [0.4, 0.5) is 0 Å². The lowest BCUT2D eigenvalue weighted by atomic mass is 9.81. The van der Waals surface area contributed by atoms with E-state index in [1.165, 1.54) is 11.9 Å². The topological polar surface area (TPSA) is 46.6 Å². The average Bonchev–Trinajstić information content (AvgIpc) is 2.65. The molecule has 1 aliphatic rings. The minimum absolute atomic E-state index is 0.124. The summed E-state index contributed by atoms with van der Waals surface area (Å²) in [4.78, 5) is 25.1. The molecule has 0 aromatic heterocycles. The summed E-state index contributed by atoms with van der Waals surface area (Å²) in [7, 11) is 1.54. The first kappa shape index (κ1) is 14.6. The first-order chi connectivity index (χ1) is 9.49. The number of unbranched alkanes of at least 4 members (excludes halogenated alkanes) is 1. The molecule has 0 spiro atoms. The van der Waals surface area contributed by atoms with Crippen LogP contribution in [-0.2, 0) is 15.0 Å². The van der Waals surface area contributed by atoms with Crippen molar-refractivity contribution in [2.24, 2.45) is 0 Å². The third-order valence-corrected chi connectivity index (χ3v) is 3.91. The smallest absolute Gasteiger partial charge is 0.239 e. The molecule has 1 aromatic carbocycles. The van der Waals surface area contributed by atoms with Crippen molar-refractivity contribution >= 4 is 11.8 Å². The highest BCUT2D eigenvalue weighted by Crippen LogP contribution is 2.36. The molecule has 0 saturated carbocycles. The Morgan fingerprint density at radius 2 is 1.90 bits per heavy atom. The monoisotopic (exact) mass is 275 g/mol. The SMILES string of the molecule is CCCCOc1ccc([C@]2(C)CC(=O)N(C)C2=O)cc1. The third-order valence-electron chi connectivity index (χ3n) is 3.91. The zero-order valence-corrected chi connectivity index (χ0v) is 12.3. The number of carbonyl (C=O) groups excluding carboxylic acids is 2. The molecular formula is C16H21NO3. The van der Waals surface area contributed by atoms with Crippen LogP contribution in [0.25, 0.3) is 0 Å². The van der Waals surface area contributed by atoms with Crippen LogP contribution in [0.1, 0.15) is 38.7 Å². The van der Waals surface area contributed by atoms with E-state index < -0.39 is 5.41 Å². The Morgan fingerprint density at radius 3 is 2.40 bits per heavy atom. The van der Waals surface area contributed by atoms with Gasteiger partial charge in [-0.3, -0.25) is 14.5 Å². The predicted molar refractivity (Wildman–Crippen MR) is 76.6 cm³/mol. The summed E-state index contributed by atoms with van der Waals surface area (Å²) in [6.07, 6.45) is 2.36. The maximum absolute atomic E-state index is 12.2. The number of likely N-dealkylation sites (N-methyl/N-ethyl adjacent to an activating group) is 1. The molecule has 1 heterocycles. The zero-order chi connectivity index (χ0) is 14.8. The lowest BCUT2D eigenvalue weighted by Gasteiger charge is -2.21. The fraction of sp³-hybridized carbons (Fsp3) is 0.500. The van der Waals surface area contributed by atoms with Crippen molar-refractivity contribution < 1.29 is 14.3 Å². The molecule has 1 aliphatic heterocycles. The van der Waals surface area contributed by atoms with Gasteiger partial charge in [-0.05, 0) is 31.0 Å². The summed E-state index contributed by atoms with van der Waals surface area (Å²) in [6, 6.07) is 7.50. The zero-order valence-electron chi connectivity index (χ0n) is 12.3. The fourth-order valence-corrected chi connectivity index (χ4v) is 2.46. The first-order valence-electron chi connectivity index (χ1n) is 7.03. The van der Waals surface area contributed by atoms with Crippen LogP contribution in [0.2, 0.25) is 0 Å². The van der Waals surface area contributed by atoms with Gasteiger partial charge in [0.05, 0.1) is 12.0 Å². The molecule has 1 aromatic rings. The summed E-state index contributed by atoms with van der Waals surface area (Å²) in [5.74, 6) is 0.541. The molecule has 0 N–H and O–H groups in total. The fourth-order valence-electron chi connectivity index (χ4n) is 2.46. The Bertz CT molecular complexity index is 509. The molecule has 2 amide bonds. The molecule has 1 fully saturated rings.